The van der Waals surface area contributed by atoms with Gasteiger partial charge in [0.1, 0.15) is 5.75 Å². The van der Waals surface area contributed by atoms with Crippen LogP contribution >= 0.6 is 23.8 Å². The monoisotopic (exact) mass is 403 g/mol. The summed E-state index contributed by atoms with van der Waals surface area (Å²) in [6.45, 7) is 4.16. The van der Waals surface area contributed by atoms with Gasteiger partial charge in [0.25, 0.3) is 11.5 Å². The minimum Gasteiger partial charge on any atom is -0.495 e. The Balaban J connectivity index is 2.01. The van der Waals surface area contributed by atoms with Crippen molar-refractivity contribution < 1.29 is 9.53 Å². The lowest BCUT2D eigenvalue weighted by atomic mass is 10.1. The zero-order valence-corrected chi connectivity index (χ0v) is 16.6. The van der Waals surface area contributed by atoms with Crippen LogP contribution in [0.4, 0.5) is 5.69 Å². The number of aromatic nitrogens is 2. The van der Waals surface area contributed by atoms with E-state index in [9.17, 15) is 9.59 Å². The van der Waals surface area contributed by atoms with Gasteiger partial charge in [-0.25, -0.2) is 0 Å². The van der Waals surface area contributed by atoms with Gasteiger partial charge in [-0.05, 0) is 55.9 Å². The molecular formula is C19H18ClN3O3S. The van der Waals surface area contributed by atoms with E-state index in [4.69, 9.17) is 28.6 Å². The Bertz CT molecular complexity index is 1170. The van der Waals surface area contributed by atoms with Gasteiger partial charge in [-0.1, -0.05) is 11.6 Å². The first-order valence-corrected chi connectivity index (χ1v) is 9.06. The van der Waals surface area contributed by atoms with Crippen LogP contribution in [0.5, 0.6) is 5.75 Å². The van der Waals surface area contributed by atoms with Gasteiger partial charge in [-0.2, -0.15) is 0 Å². The zero-order valence-electron chi connectivity index (χ0n) is 15.1. The molecule has 140 valence electrons. The number of hydrogen-bond donors (Lipinski definition) is 2. The van der Waals surface area contributed by atoms with Crippen LogP contribution in [0.15, 0.2) is 35.1 Å². The van der Waals surface area contributed by atoms with Gasteiger partial charge in [0.05, 0.1) is 23.7 Å². The molecule has 0 aliphatic heterocycles. The molecule has 2 N–H and O–H groups in total. The third-order valence-corrected chi connectivity index (χ3v) is 5.02. The molecule has 1 heterocycles. The number of nitrogens with zero attached hydrogens (tertiary/aromatic N) is 1. The molecule has 0 spiro atoms. The minimum atomic E-state index is -0.337. The number of aromatic amines is 1. The number of carbonyl (C=O) groups is 1. The molecule has 0 unspecified atom stereocenters. The zero-order chi connectivity index (χ0) is 19.7. The maximum atomic E-state index is 12.7. The van der Waals surface area contributed by atoms with Crippen LogP contribution in [0.2, 0.25) is 5.02 Å². The molecule has 2 aromatic carbocycles. The molecule has 0 saturated carbocycles. The Morgan fingerprint density at radius 2 is 2.07 bits per heavy atom. The molecule has 1 aromatic heterocycles. The second-order valence-corrected chi connectivity index (χ2v) is 6.79. The Morgan fingerprint density at radius 3 is 2.74 bits per heavy atom. The maximum Gasteiger partial charge on any atom is 0.262 e. The van der Waals surface area contributed by atoms with Gasteiger partial charge in [0.2, 0.25) is 0 Å². The number of carbonyl (C=O) groups excluding carboxylic acids is 1. The number of ether oxygens (including phenoxy) is 1. The average molecular weight is 404 g/mol. The highest BCUT2D eigenvalue weighted by molar-refractivity contribution is 7.71. The molecule has 27 heavy (non-hydrogen) atoms. The summed E-state index contributed by atoms with van der Waals surface area (Å²) in [5.41, 5.74) is 2.05. The highest BCUT2D eigenvalue weighted by Gasteiger charge is 2.14. The smallest absolute Gasteiger partial charge is 0.262 e. The van der Waals surface area contributed by atoms with Crippen LogP contribution in [-0.2, 0) is 6.54 Å². The average Bonchev–Trinajstić information content (AvgIpc) is 2.64. The fourth-order valence-electron chi connectivity index (χ4n) is 2.81. The molecule has 3 rings (SSSR count). The van der Waals surface area contributed by atoms with E-state index in [1.165, 1.54) is 11.7 Å². The molecule has 0 aliphatic carbocycles. The number of halogens is 1. The minimum absolute atomic E-state index is 0.182. The third kappa shape index (κ3) is 3.61. The van der Waals surface area contributed by atoms with E-state index >= 15 is 0 Å². The number of anilines is 1. The van der Waals surface area contributed by atoms with Gasteiger partial charge < -0.3 is 15.0 Å². The summed E-state index contributed by atoms with van der Waals surface area (Å²) in [4.78, 5) is 28.1. The van der Waals surface area contributed by atoms with Crippen molar-refractivity contribution in [2.24, 2.45) is 0 Å². The standard InChI is InChI=1S/C19H18ClN3O3S/c1-4-23-18(25)12-6-5-11(8-14(12)22-19(23)27)17(24)21-15-7-10(2)13(20)9-16(15)26-3/h5-9H,4H2,1-3H3,(H,21,24)(H,22,27). The Kier molecular flexibility index (Phi) is 5.34. The lowest BCUT2D eigenvalue weighted by Gasteiger charge is -2.13. The first kappa shape index (κ1) is 19.1. The highest BCUT2D eigenvalue weighted by atomic mass is 35.5. The Hall–Kier alpha value is -2.64. The van der Waals surface area contributed by atoms with Gasteiger partial charge in [0, 0.05) is 23.2 Å². The number of methoxy groups -OCH3 is 1. The molecule has 0 fully saturated rings. The summed E-state index contributed by atoms with van der Waals surface area (Å²) in [7, 11) is 1.51. The first-order valence-electron chi connectivity index (χ1n) is 8.28. The summed E-state index contributed by atoms with van der Waals surface area (Å²) >= 11 is 11.3. The van der Waals surface area contributed by atoms with E-state index in [0.717, 1.165) is 5.56 Å². The molecule has 0 bridgehead atoms. The SMILES string of the molecule is CCn1c(=S)[nH]c2cc(C(=O)Nc3cc(C)c(Cl)cc3OC)ccc2c1=O. The fourth-order valence-corrected chi connectivity index (χ4v) is 3.28. The van der Waals surface area contributed by atoms with E-state index in [-0.39, 0.29) is 11.5 Å². The maximum absolute atomic E-state index is 12.7. The predicted octanol–water partition coefficient (Wildman–Crippen LogP) is 4.30. The highest BCUT2D eigenvalue weighted by Crippen LogP contribution is 2.31. The van der Waals surface area contributed by atoms with E-state index in [0.29, 0.717) is 44.2 Å². The number of nitrogens with one attached hydrogen (secondary N) is 2. The number of fused-ring (bicyclic) bond motifs is 1. The lowest BCUT2D eigenvalue weighted by Crippen LogP contribution is -2.21. The molecule has 0 aliphatic rings. The Labute approximate surface area is 165 Å². The van der Waals surface area contributed by atoms with Crippen molar-refractivity contribution in [3.63, 3.8) is 0 Å². The molecule has 3 aromatic rings. The molecule has 1 amide bonds. The van der Waals surface area contributed by atoms with Crippen LogP contribution in [-0.4, -0.2) is 22.6 Å². The van der Waals surface area contributed by atoms with Crippen LogP contribution in [0, 0.1) is 11.7 Å². The van der Waals surface area contributed by atoms with Gasteiger partial charge >= 0.3 is 0 Å². The van der Waals surface area contributed by atoms with Crippen molar-refractivity contribution >= 4 is 46.3 Å². The van der Waals surface area contributed by atoms with Crippen LogP contribution in [0.25, 0.3) is 10.9 Å². The molecule has 8 heteroatoms. The van der Waals surface area contributed by atoms with Crippen molar-refractivity contribution in [2.75, 3.05) is 12.4 Å². The lowest BCUT2D eigenvalue weighted by molar-refractivity contribution is 0.102. The Morgan fingerprint density at radius 1 is 1.33 bits per heavy atom. The van der Waals surface area contributed by atoms with E-state index in [1.807, 2.05) is 13.8 Å². The van der Waals surface area contributed by atoms with E-state index in [2.05, 4.69) is 10.3 Å². The summed E-state index contributed by atoms with van der Waals surface area (Å²) < 4.78 is 7.07. The normalized spacial score (nSPS) is 10.8. The van der Waals surface area contributed by atoms with Gasteiger partial charge in [-0.3, -0.25) is 14.2 Å². The van der Waals surface area contributed by atoms with Crippen LogP contribution in [0.3, 0.4) is 0 Å². The van der Waals surface area contributed by atoms with Crippen molar-refractivity contribution in [1.82, 2.24) is 9.55 Å². The van der Waals surface area contributed by atoms with Crippen molar-refractivity contribution in [3.8, 4) is 5.75 Å². The molecule has 0 radical (unpaired) electrons. The number of benzene rings is 2. The summed E-state index contributed by atoms with van der Waals surface area (Å²) in [5, 5.41) is 3.84. The number of amides is 1. The number of hydrogen-bond acceptors (Lipinski definition) is 4. The quantitative estimate of drug-likeness (QED) is 0.637. The van der Waals surface area contributed by atoms with Crippen LogP contribution < -0.4 is 15.6 Å². The van der Waals surface area contributed by atoms with Crippen molar-refractivity contribution in [3.05, 3.63) is 61.6 Å². The van der Waals surface area contributed by atoms with Crippen molar-refractivity contribution in [1.29, 1.82) is 0 Å². The summed E-state index contributed by atoms with van der Waals surface area (Å²) in [5.74, 6) is 0.126. The molecule has 0 saturated heterocycles. The third-order valence-electron chi connectivity index (χ3n) is 4.29. The van der Waals surface area contributed by atoms with E-state index < -0.39 is 0 Å². The predicted molar refractivity (Wildman–Crippen MR) is 110 cm³/mol. The molecule has 6 nitrogen and oxygen atoms in total. The summed E-state index contributed by atoms with van der Waals surface area (Å²) in [6.07, 6.45) is 0. The second kappa shape index (κ2) is 7.54. The second-order valence-electron chi connectivity index (χ2n) is 6.00. The van der Waals surface area contributed by atoms with Gasteiger partial charge in [0.15, 0.2) is 4.77 Å². The first-order chi connectivity index (χ1) is 12.8. The fraction of sp³-hybridized carbons (Fsp3) is 0.211. The summed E-state index contributed by atoms with van der Waals surface area (Å²) in [6, 6.07) is 8.22. The molecule has 0 atom stereocenters. The number of H-pyrrole nitrogens is 1. The van der Waals surface area contributed by atoms with Crippen molar-refractivity contribution in [2.45, 2.75) is 20.4 Å². The molecular weight excluding hydrogens is 386 g/mol. The number of rotatable bonds is 4. The van der Waals surface area contributed by atoms with Gasteiger partial charge in [-0.15, -0.1) is 0 Å². The van der Waals surface area contributed by atoms with E-state index in [1.54, 1.807) is 30.3 Å². The topological polar surface area (TPSA) is 76.1 Å². The number of aryl methyl sites for hydroxylation is 1. The largest absolute Gasteiger partial charge is 0.495 e. The van der Waals surface area contributed by atoms with Crippen LogP contribution in [0.1, 0.15) is 22.8 Å².